The monoisotopic (exact) mass is 439 g/mol. The van der Waals surface area contributed by atoms with Crippen LogP contribution >= 0.6 is 0 Å². The topological polar surface area (TPSA) is 74.4 Å². The molecule has 1 unspecified atom stereocenters. The number of aromatic amines is 1. The van der Waals surface area contributed by atoms with Crippen LogP contribution in [0.25, 0.3) is 22.0 Å². The lowest BCUT2D eigenvalue weighted by Crippen LogP contribution is -2.43. The van der Waals surface area contributed by atoms with Gasteiger partial charge in [-0.25, -0.2) is 4.79 Å². The Morgan fingerprint density at radius 2 is 1.85 bits per heavy atom. The summed E-state index contributed by atoms with van der Waals surface area (Å²) in [6.45, 7) is 0.707. The molecule has 1 atom stereocenters. The van der Waals surface area contributed by atoms with Gasteiger partial charge in [-0.1, -0.05) is 54.6 Å². The van der Waals surface area contributed by atoms with Crippen LogP contribution in [0, 0.1) is 0 Å². The fourth-order valence-electron chi connectivity index (χ4n) is 4.39. The third kappa shape index (κ3) is 4.46. The number of nitrogens with zero attached hydrogens (tertiary/aromatic N) is 1. The maximum Gasteiger partial charge on any atom is 0.410 e. The molecule has 1 aliphatic heterocycles. The summed E-state index contributed by atoms with van der Waals surface area (Å²) in [4.78, 5) is 30.5. The molecule has 3 aromatic carbocycles. The number of likely N-dealkylation sites (tertiary alicyclic amines) is 1. The zero-order valence-electron chi connectivity index (χ0n) is 18.2. The quantitative estimate of drug-likeness (QED) is 0.427. The van der Waals surface area contributed by atoms with Crippen LogP contribution in [0.1, 0.15) is 18.4 Å². The van der Waals surface area contributed by atoms with Gasteiger partial charge < -0.3 is 15.0 Å². The number of hydrogen-bond donors (Lipinski definition) is 2. The molecule has 33 heavy (non-hydrogen) atoms. The summed E-state index contributed by atoms with van der Waals surface area (Å²) >= 11 is 0. The number of benzene rings is 3. The van der Waals surface area contributed by atoms with E-state index in [0.29, 0.717) is 18.7 Å². The van der Waals surface area contributed by atoms with E-state index >= 15 is 0 Å². The average Bonchev–Trinajstić information content (AvgIpc) is 3.53. The summed E-state index contributed by atoms with van der Waals surface area (Å²) in [6.07, 6.45) is 2.86. The van der Waals surface area contributed by atoms with Gasteiger partial charge in [0.25, 0.3) is 0 Å². The van der Waals surface area contributed by atoms with E-state index < -0.39 is 12.1 Å². The fourth-order valence-corrected chi connectivity index (χ4v) is 4.39. The molecule has 0 aliphatic carbocycles. The van der Waals surface area contributed by atoms with Crippen molar-refractivity contribution in [3.8, 4) is 11.1 Å². The van der Waals surface area contributed by atoms with Gasteiger partial charge in [0.1, 0.15) is 12.6 Å². The van der Waals surface area contributed by atoms with E-state index in [1.165, 1.54) is 4.90 Å². The molecule has 2 amide bonds. The van der Waals surface area contributed by atoms with E-state index in [0.717, 1.165) is 34.0 Å². The Morgan fingerprint density at radius 3 is 2.73 bits per heavy atom. The smallest absolute Gasteiger partial charge is 0.410 e. The Labute approximate surface area is 192 Å². The number of carbonyl (C=O) groups excluding carboxylic acids is 2. The molecule has 0 spiro atoms. The van der Waals surface area contributed by atoms with Crippen LogP contribution < -0.4 is 5.32 Å². The molecular formula is C27H25N3O3. The molecule has 5 rings (SSSR count). The van der Waals surface area contributed by atoms with E-state index in [4.69, 9.17) is 4.74 Å². The first-order valence-corrected chi connectivity index (χ1v) is 11.1. The van der Waals surface area contributed by atoms with Gasteiger partial charge >= 0.3 is 6.09 Å². The van der Waals surface area contributed by atoms with Crippen LogP contribution in [0.2, 0.25) is 0 Å². The molecule has 0 bridgehead atoms. The highest BCUT2D eigenvalue weighted by Gasteiger charge is 2.35. The number of anilines is 1. The summed E-state index contributed by atoms with van der Waals surface area (Å²) in [6, 6.07) is 24.9. The zero-order valence-corrected chi connectivity index (χ0v) is 18.2. The van der Waals surface area contributed by atoms with Gasteiger partial charge in [-0.2, -0.15) is 0 Å². The molecule has 0 saturated carbocycles. The second kappa shape index (κ2) is 9.20. The molecule has 1 saturated heterocycles. The molecule has 1 aliphatic rings. The van der Waals surface area contributed by atoms with Crippen molar-refractivity contribution in [1.29, 1.82) is 0 Å². The predicted octanol–water partition coefficient (Wildman–Crippen LogP) is 5.57. The molecule has 0 radical (unpaired) electrons. The average molecular weight is 440 g/mol. The number of H-pyrrole nitrogens is 1. The largest absolute Gasteiger partial charge is 0.445 e. The molecule has 1 fully saturated rings. The van der Waals surface area contributed by atoms with Gasteiger partial charge in [-0.3, -0.25) is 9.69 Å². The first-order chi connectivity index (χ1) is 16.2. The number of aromatic nitrogens is 1. The maximum absolute atomic E-state index is 13.1. The summed E-state index contributed by atoms with van der Waals surface area (Å²) in [5.41, 5.74) is 4.80. The van der Waals surface area contributed by atoms with Gasteiger partial charge in [-0.15, -0.1) is 0 Å². The van der Waals surface area contributed by atoms with Gasteiger partial charge in [0.15, 0.2) is 0 Å². The van der Waals surface area contributed by atoms with Crippen LogP contribution in [-0.4, -0.2) is 34.5 Å². The highest BCUT2D eigenvalue weighted by atomic mass is 16.6. The van der Waals surface area contributed by atoms with Crippen LogP contribution in [0.15, 0.2) is 85.1 Å². The molecule has 166 valence electrons. The van der Waals surface area contributed by atoms with Crippen molar-refractivity contribution >= 4 is 28.6 Å². The molecule has 2 N–H and O–H groups in total. The number of hydrogen-bond acceptors (Lipinski definition) is 3. The Morgan fingerprint density at radius 1 is 1.00 bits per heavy atom. The Bertz CT molecular complexity index is 1280. The van der Waals surface area contributed by atoms with Crippen molar-refractivity contribution in [3.63, 3.8) is 0 Å². The lowest BCUT2D eigenvalue weighted by Gasteiger charge is -2.23. The molecule has 4 aromatic rings. The van der Waals surface area contributed by atoms with E-state index in [1.807, 2.05) is 79.0 Å². The zero-order chi connectivity index (χ0) is 22.6. The normalized spacial score (nSPS) is 15.5. The first kappa shape index (κ1) is 20.8. The molecular weight excluding hydrogens is 414 g/mol. The minimum Gasteiger partial charge on any atom is -0.445 e. The third-order valence-corrected chi connectivity index (χ3v) is 6.03. The van der Waals surface area contributed by atoms with E-state index in [-0.39, 0.29) is 12.5 Å². The predicted molar refractivity (Wildman–Crippen MR) is 129 cm³/mol. The van der Waals surface area contributed by atoms with E-state index in [2.05, 4.69) is 16.4 Å². The van der Waals surface area contributed by atoms with Crippen molar-refractivity contribution in [2.24, 2.45) is 0 Å². The number of rotatable bonds is 5. The second-order valence-electron chi connectivity index (χ2n) is 8.21. The summed E-state index contributed by atoms with van der Waals surface area (Å²) in [5, 5.41) is 4.13. The number of carbonyl (C=O) groups is 2. The van der Waals surface area contributed by atoms with Crippen LogP contribution in [0.3, 0.4) is 0 Å². The van der Waals surface area contributed by atoms with Crippen molar-refractivity contribution in [2.75, 3.05) is 11.9 Å². The summed E-state index contributed by atoms with van der Waals surface area (Å²) < 4.78 is 5.46. The van der Waals surface area contributed by atoms with Gasteiger partial charge in [0.2, 0.25) is 5.91 Å². The van der Waals surface area contributed by atoms with Crippen molar-refractivity contribution in [2.45, 2.75) is 25.5 Å². The third-order valence-electron chi connectivity index (χ3n) is 6.03. The Kier molecular flexibility index (Phi) is 5.81. The fraction of sp³-hybridized carbons (Fsp3) is 0.185. The minimum atomic E-state index is -0.537. The minimum absolute atomic E-state index is 0.192. The maximum atomic E-state index is 13.1. The standard InChI is InChI=1S/C27H25N3O3/c31-26(25-13-6-16-30(25)27(32)33-18-19-7-2-1-3-8-19)29-21-10-4-9-20(17-21)22-11-5-12-24-23(22)14-15-28-24/h1-5,7-12,14-15,17,25,28H,6,13,16,18H2,(H,29,31). The molecule has 1 aromatic heterocycles. The lowest BCUT2D eigenvalue weighted by molar-refractivity contribution is -0.120. The van der Waals surface area contributed by atoms with Gasteiger partial charge in [0, 0.05) is 29.3 Å². The highest BCUT2D eigenvalue weighted by molar-refractivity contribution is 5.99. The van der Waals surface area contributed by atoms with E-state index in [1.54, 1.807) is 0 Å². The highest BCUT2D eigenvalue weighted by Crippen LogP contribution is 2.30. The van der Waals surface area contributed by atoms with Gasteiger partial charge in [-0.05, 0) is 53.8 Å². The lowest BCUT2D eigenvalue weighted by atomic mass is 10.0. The number of amides is 2. The SMILES string of the molecule is O=C(Nc1cccc(-c2cccc3[nH]ccc23)c1)C1CCCN1C(=O)OCc1ccccc1. The van der Waals surface area contributed by atoms with Crippen LogP contribution in [0.5, 0.6) is 0 Å². The number of nitrogens with one attached hydrogen (secondary N) is 2. The Balaban J connectivity index is 1.27. The van der Waals surface area contributed by atoms with Crippen molar-refractivity contribution < 1.29 is 14.3 Å². The van der Waals surface area contributed by atoms with E-state index in [9.17, 15) is 9.59 Å². The molecule has 6 heteroatoms. The van der Waals surface area contributed by atoms with Crippen molar-refractivity contribution in [1.82, 2.24) is 9.88 Å². The first-order valence-electron chi connectivity index (χ1n) is 11.1. The molecule has 6 nitrogen and oxygen atoms in total. The Hall–Kier alpha value is -4.06. The number of fused-ring (bicyclic) bond motifs is 1. The van der Waals surface area contributed by atoms with Crippen LogP contribution in [0.4, 0.5) is 10.5 Å². The van der Waals surface area contributed by atoms with Gasteiger partial charge in [0.05, 0.1) is 0 Å². The van der Waals surface area contributed by atoms with Crippen LogP contribution in [-0.2, 0) is 16.1 Å². The second-order valence-corrected chi connectivity index (χ2v) is 8.21. The number of ether oxygens (including phenoxy) is 1. The molecule has 2 heterocycles. The summed E-state index contributed by atoms with van der Waals surface area (Å²) in [7, 11) is 0. The van der Waals surface area contributed by atoms with Crippen molar-refractivity contribution in [3.05, 3.63) is 90.6 Å². The summed E-state index contributed by atoms with van der Waals surface area (Å²) in [5.74, 6) is -0.193.